The molecule has 0 aliphatic heterocycles. The lowest BCUT2D eigenvalue weighted by Gasteiger charge is -2.19. The monoisotopic (exact) mass is 310 g/mol. The summed E-state index contributed by atoms with van der Waals surface area (Å²) in [4.78, 5) is 23.1. The molecule has 0 bridgehead atoms. The SMILES string of the molecule is Cc1ccc(C(=O)NC(c2ccccc2)C2CC2)cc1[N+](=O)[O-]. The maximum absolute atomic E-state index is 12.5. The van der Waals surface area contributed by atoms with Gasteiger partial charge in [0.1, 0.15) is 0 Å². The Morgan fingerprint density at radius 2 is 1.91 bits per heavy atom. The third-order valence-corrected chi connectivity index (χ3v) is 4.21. The van der Waals surface area contributed by atoms with Crippen molar-refractivity contribution in [3.8, 4) is 0 Å². The third kappa shape index (κ3) is 3.39. The molecular weight excluding hydrogens is 292 g/mol. The molecule has 1 atom stereocenters. The molecule has 3 rings (SSSR count). The lowest BCUT2D eigenvalue weighted by Crippen LogP contribution is -2.29. The fourth-order valence-electron chi connectivity index (χ4n) is 2.74. The number of aryl methyl sites for hydroxylation is 1. The first-order valence-electron chi connectivity index (χ1n) is 7.67. The van der Waals surface area contributed by atoms with Gasteiger partial charge in [-0.3, -0.25) is 14.9 Å². The normalized spacial score (nSPS) is 15.0. The summed E-state index contributed by atoms with van der Waals surface area (Å²) in [6, 6.07) is 14.4. The van der Waals surface area contributed by atoms with E-state index in [1.807, 2.05) is 30.3 Å². The van der Waals surface area contributed by atoms with Crippen molar-refractivity contribution in [2.45, 2.75) is 25.8 Å². The highest BCUT2D eigenvalue weighted by molar-refractivity contribution is 5.95. The smallest absolute Gasteiger partial charge is 0.273 e. The van der Waals surface area contributed by atoms with Crippen LogP contribution in [0.4, 0.5) is 5.69 Å². The highest BCUT2D eigenvalue weighted by atomic mass is 16.6. The number of benzene rings is 2. The average molecular weight is 310 g/mol. The molecule has 1 aliphatic rings. The van der Waals surface area contributed by atoms with E-state index >= 15 is 0 Å². The molecule has 0 aromatic heterocycles. The largest absolute Gasteiger partial charge is 0.345 e. The quantitative estimate of drug-likeness (QED) is 0.674. The van der Waals surface area contributed by atoms with Crippen molar-refractivity contribution >= 4 is 11.6 Å². The first-order valence-corrected chi connectivity index (χ1v) is 7.67. The molecule has 0 heterocycles. The zero-order valence-corrected chi connectivity index (χ0v) is 12.9. The molecule has 1 amide bonds. The van der Waals surface area contributed by atoms with Crippen molar-refractivity contribution in [1.82, 2.24) is 5.32 Å². The van der Waals surface area contributed by atoms with Crippen molar-refractivity contribution in [3.05, 3.63) is 75.3 Å². The molecule has 0 saturated heterocycles. The Kier molecular flexibility index (Phi) is 4.10. The molecule has 1 saturated carbocycles. The van der Waals surface area contributed by atoms with Crippen LogP contribution in [-0.4, -0.2) is 10.8 Å². The predicted octanol–water partition coefficient (Wildman–Crippen LogP) is 3.78. The first-order chi connectivity index (χ1) is 11.1. The Morgan fingerprint density at radius 3 is 2.52 bits per heavy atom. The number of amides is 1. The zero-order chi connectivity index (χ0) is 16.4. The summed E-state index contributed by atoms with van der Waals surface area (Å²) in [6.45, 7) is 1.66. The number of nitro groups is 1. The molecule has 5 heteroatoms. The van der Waals surface area contributed by atoms with E-state index in [0.717, 1.165) is 18.4 Å². The first kappa shape index (κ1) is 15.2. The van der Waals surface area contributed by atoms with Crippen molar-refractivity contribution in [2.24, 2.45) is 5.92 Å². The lowest BCUT2D eigenvalue weighted by molar-refractivity contribution is -0.385. The molecule has 1 aliphatic carbocycles. The van der Waals surface area contributed by atoms with Gasteiger partial charge in [-0.05, 0) is 37.3 Å². The van der Waals surface area contributed by atoms with Gasteiger partial charge in [0.25, 0.3) is 11.6 Å². The number of hydrogen-bond acceptors (Lipinski definition) is 3. The minimum atomic E-state index is -0.457. The van der Waals surface area contributed by atoms with E-state index < -0.39 is 4.92 Å². The van der Waals surface area contributed by atoms with Crippen LogP contribution in [0.15, 0.2) is 48.5 Å². The molecule has 1 unspecified atom stereocenters. The van der Waals surface area contributed by atoms with E-state index in [2.05, 4.69) is 5.32 Å². The van der Waals surface area contributed by atoms with Crippen molar-refractivity contribution < 1.29 is 9.72 Å². The maximum Gasteiger partial charge on any atom is 0.273 e. The number of nitrogens with zero attached hydrogens (tertiary/aromatic N) is 1. The Morgan fingerprint density at radius 1 is 1.22 bits per heavy atom. The van der Waals surface area contributed by atoms with Gasteiger partial charge in [-0.15, -0.1) is 0 Å². The summed E-state index contributed by atoms with van der Waals surface area (Å²) >= 11 is 0. The van der Waals surface area contributed by atoms with Crippen LogP contribution in [-0.2, 0) is 0 Å². The van der Waals surface area contributed by atoms with Crippen molar-refractivity contribution in [3.63, 3.8) is 0 Å². The van der Waals surface area contributed by atoms with Crippen LogP contribution in [0, 0.1) is 23.0 Å². The summed E-state index contributed by atoms with van der Waals surface area (Å²) in [5.41, 5.74) is 1.92. The van der Waals surface area contributed by atoms with Crippen LogP contribution < -0.4 is 5.32 Å². The van der Waals surface area contributed by atoms with E-state index in [-0.39, 0.29) is 17.6 Å². The molecule has 1 fully saturated rings. The van der Waals surface area contributed by atoms with Gasteiger partial charge in [0.2, 0.25) is 0 Å². The number of hydrogen-bond donors (Lipinski definition) is 1. The third-order valence-electron chi connectivity index (χ3n) is 4.21. The zero-order valence-electron chi connectivity index (χ0n) is 12.9. The van der Waals surface area contributed by atoms with Gasteiger partial charge in [-0.2, -0.15) is 0 Å². The van der Waals surface area contributed by atoms with Gasteiger partial charge < -0.3 is 5.32 Å². The van der Waals surface area contributed by atoms with Crippen LogP contribution in [0.2, 0.25) is 0 Å². The van der Waals surface area contributed by atoms with Gasteiger partial charge in [0.15, 0.2) is 0 Å². The average Bonchev–Trinajstić information content (AvgIpc) is 3.38. The molecule has 0 spiro atoms. The summed E-state index contributed by atoms with van der Waals surface area (Å²) in [6.07, 6.45) is 2.18. The van der Waals surface area contributed by atoms with Crippen LogP contribution in [0.25, 0.3) is 0 Å². The summed E-state index contributed by atoms with van der Waals surface area (Å²) in [7, 11) is 0. The highest BCUT2D eigenvalue weighted by Crippen LogP contribution is 2.41. The summed E-state index contributed by atoms with van der Waals surface area (Å²) < 4.78 is 0. The van der Waals surface area contributed by atoms with Crippen molar-refractivity contribution in [2.75, 3.05) is 0 Å². The Labute approximate surface area is 134 Å². The standard InChI is InChI=1S/C18H18N2O3/c1-12-7-8-15(11-16(12)20(22)23)18(21)19-17(14-9-10-14)13-5-3-2-4-6-13/h2-8,11,14,17H,9-10H2,1H3,(H,19,21). The van der Waals surface area contributed by atoms with Crippen molar-refractivity contribution in [1.29, 1.82) is 0 Å². The molecule has 23 heavy (non-hydrogen) atoms. The highest BCUT2D eigenvalue weighted by Gasteiger charge is 2.33. The van der Waals surface area contributed by atoms with Crippen LogP contribution in [0.5, 0.6) is 0 Å². The van der Waals surface area contributed by atoms with Gasteiger partial charge in [0.05, 0.1) is 11.0 Å². The van der Waals surface area contributed by atoms with E-state index in [1.54, 1.807) is 19.1 Å². The van der Waals surface area contributed by atoms with Gasteiger partial charge in [-0.1, -0.05) is 36.4 Å². The second kappa shape index (κ2) is 6.20. The fraction of sp³-hybridized carbons (Fsp3) is 0.278. The predicted molar refractivity (Wildman–Crippen MR) is 87.2 cm³/mol. The number of nitro benzene ring substituents is 1. The van der Waals surface area contributed by atoms with Crippen LogP contribution in [0.3, 0.4) is 0 Å². The number of rotatable bonds is 5. The van der Waals surface area contributed by atoms with Gasteiger partial charge >= 0.3 is 0 Å². The minimum absolute atomic E-state index is 0.0275. The Balaban J connectivity index is 1.83. The molecule has 5 nitrogen and oxygen atoms in total. The minimum Gasteiger partial charge on any atom is -0.345 e. The number of nitrogens with one attached hydrogen (secondary N) is 1. The Hall–Kier alpha value is -2.69. The van der Waals surface area contributed by atoms with Crippen LogP contribution in [0.1, 0.15) is 40.4 Å². The molecule has 1 N–H and O–H groups in total. The lowest BCUT2D eigenvalue weighted by atomic mass is 10.0. The van der Waals surface area contributed by atoms with E-state index in [9.17, 15) is 14.9 Å². The topological polar surface area (TPSA) is 72.2 Å². The Bertz CT molecular complexity index is 739. The second-order valence-corrected chi connectivity index (χ2v) is 5.96. The van der Waals surface area contributed by atoms with Gasteiger partial charge in [0, 0.05) is 17.2 Å². The molecule has 0 radical (unpaired) electrons. The molecule has 2 aromatic carbocycles. The van der Waals surface area contributed by atoms with Crippen LogP contribution >= 0.6 is 0 Å². The summed E-state index contributed by atoms with van der Waals surface area (Å²) in [5, 5.41) is 14.1. The number of carbonyl (C=O) groups excluding carboxylic acids is 1. The fourth-order valence-corrected chi connectivity index (χ4v) is 2.74. The molecular formula is C18H18N2O3. The molecule has 118 valence electrons. The van der Waals surface area contributed by atoms with E-state index in [4.69, 9.17) is 0 Å². The van der Waals surface area contributed by atoms with E-state index in [1.165, 1.54) is 6.07 Å². The van der Waals surface area contributed by atoms with E-state index in [0.29, 0.717) is 17.0 Å². The van der Waals surface area contributed by atoms with Gasteiger partial charge in [-0.25, -0.2) is 0 Å². The maximum atomic E-state index is 12.5. The second-order valence-electron chi connectivity index (χ2n) is 5.96. The number of carbonyl (C=O) groups is 1. The summed E-state index contributed by atoms with van der Waals surface area (Å²) in [5.74, 6) is 0.177. The molecule has 2 aromatic rings.